The highest BCUT2D eigenvalue weighted by Crippen LogP contribution is 2.28. The van der Waals surface area contributed by atoms with Gasteiger partial charge < -0.3 is 16.4 Å². The Balaban J connectivity index is 1.68. The van der Waals surface area contributed by atoms with Crippen LogP contribution in [-0.2, 0) is 10.0 Å². The van der Waals surface area contributed by atoms with E-state index in [4.69, 9.17) is 5.73 Å². The number of hydrogen-bond acceptors (Lipinski definition) is 4. The van der Waals surface area contributed by atoms with Crippen LogP contribution in [0.4, 0.5) is 16.2 Å². The molecule has 1 saturated carbocycles. The lowest BCUT2D eigenvalue weighted by atomic mass is 10.2. The molecule has 0 spiro atoms. The second-order valence-corrected chi connectivity index (χ2v) is 8.11. The van der Waals surface area contributed by atoms with Crippen molar-refractivity contribution in [2.24, 2.45) is 11.7 Å². The Bertz CT molecular complexity index is 954. The molecule has 8 nitrogen and oxygen atoms in total. The van der Waals surface area contributed by atoms with Gasteiger partial charge in [0.25, 0.3) is 5.91 Å². The Hall–Kier alpha value is -2.91. The Morgan fingerprint density at radius 3 is 2.22 bits per heavy atom. The number of carbonyl (C=O) groups is 2. The van der Waals surface area contributed by atoms with E-state index in [2.05, 4.69) is 15.4 Å². The van der Waals surface area contributed by atoms with Crippen LogP contribution >= 0.6 is 0 Å². The molecule has 0 radical (unpaired) electrons. The highest BCUT2D eigenvalue weighted by atomic mass is 32.2. The molecule has 2 aromatic carbocycles. The highest BCUT2D eigenvalue weighted by Gasteiger charge is 2.24. The van der Waals surface area contributed by atoms with Crippen molar-refractivity contribution in [3.05, 3.63) is 54.1 Å². The lowest BCUT2D eigenvalue weighted by Gasteiger charge is -2.09. The third kappa shape index (κ3) is 5.28. The van der Waals surface area contributed by atoms with Gasteiger partial charge in [-0.05, 0) is 61.2 Å². The number of carbonyl (C=O) groups excluding carboxylic acids is 2. The minimum atomic E-state index is -3.64. The van der Waals surface area contributed by atoms with E-state index in [1.807, 2.05) is 0 Å². The first-order valence-corrected chi connectivity index (χ1v) is 9.89. The van der Waals surface area contributed by atoms with E-state index in [1.54, 1.807) is 24.3 Å². The van der Waals surface area contributed by atoms with E-state index in [9.17, 15) is 18.0 Å². The molecule has 0 aromatic heterocycles. The second-order valence-electron chi connectivity index (χ2n) is 6.34. The Morgan fingerprint density at radius 1 is 1.00 bits per heavy atom. The fraction of sp³-hybridized carbons (Fsp3) is 0.222. The van der Waals surface area contributed by atoms with Crippen molar-refractivity contribution in [3.63, 3.8) is 0 Å². The van der Waals surface area contributed by atoms with Gasteiger partial charge in [0, 0.05) is 23.5 Å². The number of urea groups is 1. The molecule has 1 fully saturated rings. The van der Waals surface area contributed by atoms with Gasteiger partial charge in [0.05, 0.1) is 4.90 Å². The largest absolute Gasteiger partial charge is 0.351 e. The van der Waals surface area contributed by atoms with Crippen molar-refractivity contribution in [3.8, 4) is 0 Å². The van der Waals surface area contributed by atoms with E-state index >= 15 is 0 Å². The average molecular weight is 388 g/mol. The molecule has 0 unspecified atom stereocenters. The number of sulfonamides is 1. The van der Waals surface area contributed by atoms with Crippen molar-refractivity contribution in [2.45, 2.75) is 17.7 Å². The summed E-state index contributed by atoms with van der Waals surface area (Å²) in [5, 5.41) is 5.10. The van der Waals surface area contributed by atoms with Crippen LogP contribution in [0.15, 0.2) is 53.4 Å². The molecular weight excluding hydrogens is 368 g/mol. The van der Waals surface area contributed by atoms with Crippen LogP contribution in [-0.4, -0.2) is 26.9 Å². The van der Waals surface area contributed by atoms with Crippen LogP contribution < -0.4 is 21.1 Å². The van der Waals surface area contributed by atoms with Crippen molar-refractivity contribution in [1.29, 1.82) is 0 Å². The normalized spacial score (nSPS) is 13.8. The number of amides is 3. The lowest BCUT2D eigenvalue weighted by molar-refractivity contribution is 0.102. The first kappa shape index (κ1) is 18.9. The monoisotopic (exact) mass is 388 g/mol. The fourth-order valence-corrected chi connectivity index (χ4v) is 3.58. The number of nitrogens with two attached hydrogens (primary N) is 1. The van der Waals surface area contributed by atoms with Crippen LogP contribution in [0.3, 0.4) is 0 Å². The second kappa shape index (κ2) is 7.77. The molecule has 1 aliphatic carbocycles. The van der Waals surface area contributed by atoms with Crippen molar-refractivity contribution in [1.82, 2.24) is 4.72 Å². The Kier molecular flexibility index (Phi) is 5.43. The summed E-state index contributed by atoms with van der Waals surface area (Å²) in [5.41, 5.74) is 6.25. The zero-order valence-electron chi connectivity index (χ0n) is 14.4. The molecule has 0 atom stereocenters. The van der Waals surface area contributed by atoms with Crippen LogP contribution in [0, 0.1) is 5.92 Å². The zero-order chi connectivity index (χ0) is 19.4. The van der Waals surface area contributed by atoms with Gasteiger partial charge in [-0.15, -0.1) is 0 Å². The van der Waals surface area contributed by atoms with Gasteiger partial charge in [-0.3, -0.25) is 4.79 Å². The number of benzene rings is 2. The topological polar surface area (TPSA) is 130 Å². The first-order chi connectivity index (χ1) is 12.8. The van der Waals surface area contributed by atoms with Crippen LogP contribution in [0.25, 0.3) is 0 Å². The van der Waals surface area contributed by atoms with E-state index in [0.29, 0.717) is 23.8 Å². The summed E-state index contributed by atoms with van der Waals surface area (Å²) in [6, 6.07) is 11.6. The van der Waals surface area contributed by atoms with Crippen molar-refractivity contribution >= 4 is 33.3 Å². The van der Waals surface area contributed by atoms with Crippen LogP contribution in [0.2, 0.25) is 0 Å². The SMILES string of the molecule is NC(=O)Nc1ccc(NC(=O)c2cccc(S(=O)(=O)NCC3CC3)c2)cc1. The van der Waals surface area contributed by atoms with E-state index in [1.165, 1.54) is 24.3 Å². The maximum atomic E-state index is 12.4. The molecule has 1 aliphatic rings. The van der Waals surface area contributed by atoms with Crippen LogP contribution in [0.5, 0.6) is 0 Å². The minimum Gasteiger partial charge on any atom is -0.351 e. The highest BCUT2D eigenvalue weighted by molar-refractivity contribution is 7.89. The number of hydrogen-bond donors (Lipinski definition) is 4. The molecular formula is C18H20N4O4S. The summed E-state index contributed by atoms with van der Waals surface area (Å²) in [6.07, 6.45) is 2.08. The lowest BCUT2D eigenvalue weighted by Crippen LogP contribution is -2.26. The molecule has 2 aromatic rings. The fourth-order valence-electron chi connectivity index (χ4n) is 2.42. The molecule has 0 saturated heterocycles. The van der Waals surface area contributed by atoms with Gasteiger partial charge in [0.15, 0.2) is 0 Å². The number of nitrogens with one attached hydrogen (secondary N) is 3. The quantitative estimate of drug-likeness (QED) is 0.579. The van der Waals surface area contributed by atoms with Gasteiger partial charge >= 0.3 is 6.03 Å². The summed E-state index contributed by atoms with van der Waals surface area (Å²) in [6.45, 7) is 0.421. The summed E-state index contributed by atoms with van der Waals surface area (Å²) in [4.78, 5) is 23.3. The molecule has 27 heavy (non-hydrogen) atoms. The van der Waals surface area contributed by atoms with E-state index in [-0.39, 0.29) is 10.5 Å². The molecule has 0 bridgehead atoms. The van der Waals surface area contributed by atoms with Gasteiger partial charge in [-0.2, -0.15) is 0 Å². The average Bonchev–Trinajstić information content (AvgIpc) is 3.46. The Morgan fingerprint density at radius 2 is 1.63 bits per heavy atom. The number of rotatable bonds is 7. The predicted octanol–water partition coefficient (Wildman–Crippen LogP) is 2.12. The van der Waals surface area contributed by atoms with Crippen molar-refractivity contribution in [2.75, 3.05) is 17.2 Å². The minimum absolute atomic E-state index is 0.0526. The van der Waals surface area contributed by atoms with E-state index in [0.717, 1.165) is 12.8 Å². The van der Waals surface area contributed by atoms with Crippen LogP contribution in [0.1, 0.15) is 23.2 Å². The maximum absolute atomic E-state index is 12.4. The number of primary amides is 1. The molecule has 9 heteroatoms. The third-order valence-electron chi connectivity index (χ3n) is 4.08. The zero-order valence-corrected chi connectivity index (χ0v) is 15.3. The summed E-state index contributed by atoms with van der Waals surface area (Å²) in [5.74, 6) is -0.0249. The molecule has 5 N–H and O–H groups in total. The van der Waals surface area contributed by atoms with Crippen molar-refractivity contribution < 1.29 is 18.0 Å². The number of anilines is 2. The molecule has 0 heterocycles. The summed E-state index contributed by atoms with van der Waals surface area (Å²) in [7, 11) is -3.64. The smallest absolute Gasteiger partial charge is 0.316 e. The van der Waals surface area contributed by atoms with Gasteiger partial charge in [0.1, 0.15) is 0 Å². The standard InChI is InChI=1S/C18H20N4O4S/c19-18(24)22-15-8-6-14(7-9-15)21-17(23)13-2-1-3-16(10-13)27(25,26)20-11-12-4-5-12/h1-3,6-10,12,20H,4-5,11H2,(H,21,23)(H3,19,22,24). The Labute approximate surface area is 157 Å². The molecule has 3 rings (SSSR count). The van der Waals surface area contributed by atoms with Gasteiger partial charge in [0.2, 0.25) is 10.0 Å². The third-order valence-corrected chi connectivity index (χ3v) is 5.50. The first-order valence-electron chi connectivity index (χ1n) is 8.41. The molecule has 0 aliphatic heterocycles. The molecule has 3 amide bonds. The predicted molar refractivity (Wildman–Crippen MR) is 102 cm³/mol. The van der Waals surface area contributed by atoms with E-state index < -0.39 is 22.0 Å². The summed E-state index contributed by atoms with van der Waals surface area (Å²) >= 11 is 0. The van der Waals surface area contributed by atoms with Gasteiger partial charge in [-0.25, -0.2) is 17.9 Å². The molecule has 142 valence electrons. The summed E-state index contributed by atoms with van der Waals surface area (Å²) < 4.78 is 27.2. The van der Waals surface area contributed by atoms with Gasteiger partial charge in [-0.1, -0.05) is 6.07 Å². The maximum Gasteiger partial charge on any atom is 0.316 e.